The zero-order valence-electron chi connectivity index (χ0n) is 17.2. The third kappa shape index (κ3) is 3.45. The molecule has 4 aromatic rings. The van der Waals surface area contributed by atoms with Gasteiger partial charge in [-0.05, 0) is 48.9 Å². The lowest BCUT2D eigenvalue weighted by atomic mass is 10.1. The molecule has 0 saturated heterocycles. The van der Waals surface area contributed by atoms with E-state index < -0.39 is 11.7 Å². The van der Waals surface area contributed by atoms with E-state index in [-0.39, 0.29) is 23.8 Å². The van der Waals surface area contributed by atoms with Gasteiger partial charge in [0.25, 0.3) is 5.56 Å². The van der Waals surface area contributed by atoms with Crippen LogP contribution in [-0.2, 0) is 11.3 Å². The fraction of sp³-hybridized carbons (Fsp3) is 0.318. The lowest BCUT2D eigenvalue weighted by molar-refractivity contribution is -0.116. The number of pyridine rings is 2. The van der Waals surface area contributed by atoms with Gasteiger partial charge < -0.3 is 5.32 Å². The van der Waals surface area contributed by atoms with Gasteiger partial charge in [-0.1, -0.05) is 13.8 Å². The standard InChI is InChI=1S/C22H21FN6O2/c1-12(2)17-7-6-15-20(26-17)29-21(16(10-25-29)13-3-4-13)28(22(15)31)11-19(30)27-18-8-5-14(23)9-24-18/h5-10,12-13H,3-4,11H2,1-2H3,(H,24,27,30). The first-order valence-electron chi connectivity index (χ1n) is 10.2. The molecule has 1 fully saturated rings. The van der Waals surface area contributed by atoms with Gasteiger partial charge in [0.15, 0.2) is 5.65 Å². The van der Waals surface area contributed by atoms with Crippen LogP contribution >= 0.6 is 0 Å². The number of amides is 1. The topological polar surface area (TPSA) is 94.2 Å². The second-order valence-corrected chi connectivity index (χ2v) is 8.17. The number of anilines is 1. The monoisotopic (exact) mass is 420 g/mol. The van der Waals surface area contributed by atoms with Crippen molar-refractivity contribution in [2.24, 2.45) is 0 Å². The Balaban J connectivity index is 1.63. The molecule has 0 spiro atoms. The van der Waals surface area contributed by atoms with E-state index in [4.69, 9.17) is 4.98 Å². The largest absolute Gasteiger partial charge is 0.309 e. The molecule has 0 atom stereocenters. The quantitative estimate of drug-likeness (QED) is 0.535. The number of aromatic nitrogens is 5. The van der Waals surface area contributed by atoms with Crippen LogP contribution in [-0.4, -0.2) is 30.1 Å². The van der Waals surface area contributed by atoms with E-state index in [1.807, 2.05) is 19.9 Å². The normalized spacial score (nSPS) is 13.9. The summed E-state index contributed by atoms with van der Waals surface area (Å²) in [5.74, 6) is -0.176. The average Bonchev–Trinajstić information content (AvgIpc) is 3.50. The minimum absolute atomic E-state index is 0.203. The van der Waals surface area contributed by atoms with E-state index in [9.17, 15) is 14.0 Å². The van der Waals surface area contributed by atoms with Crippen molar-refractivity contribution in [3.63, 3.8) is 0 Å². The minimum Gasteiger partial charge on any atom is -0.309 e. The van der Waals surface area contributed by atoms with Crippen molar-refractivity contribution < 1.29 is 9.18 Å². The van der Waals surface area contributed by atoms with Crippen LogP contribution in [0.25, 0.3) is 16.7 Å². The van der Waals surface area contributed by atoms with Crippen LogP contribution in [0.4, 0.5) is 10.2 Å². The van der Waals surface area contributed by atoms with E-state index in [1.165, 1.54) is 16.7 Å². The van der Waals surface area contributed by atoms with Gasteiger partial charge in [-0.25, -0.2) is 14.4 Å². The highest BCUT2D eigenvalue weighted by Gasteiger charge is 2.30. The zero-order valence-corrected chi connectivity index (χ0v) is 17.2. The average molecular weight is 420 g/mol. The van der Waals surface area contributed by atoms with Crippen molar-refractivity contribution in [1.29, 1.82) is 0 Å². The van der Waals surface area contributed by atoms with E-state index in [2.05, 4.69) is 15.4 Å². The molecule has 1 aliphatic rings. The van der Waals surface area contributed by atoms with E-state index in [0.717, 1.165) is 30.3 Å². The first-order valence-corrected chi connectivity index (χ1v) is 10.2. The number of fused-ring (bicyclic) bond motifs is 3. The Kier molecular flexibility index (Phi) is 4.53. The maximum absolute atomic E-state index is 13.4. The van der Waals surface area contributed by atoms with Crippen LogP contribution in [0.1, 0.15) is 49.8 Å². The van der Waals surface area contributed by atoms with Crippen LogP contribution in [0, 0.1) is 5.82 Å². The molecule has 158 valence electrons. The summed E-state index contributed by atoms with van der Waals surface area (Å²) in [6.45, 7) is 3.87. The predicted molar refractivity (Wildman–Crippen MR) is 114 cm³/mol. The smallest absolute Gasteiger partial charge is 0.263 e. The molecule has 1 aliphatic carbocycles. The Morgan fingerprint density at radius 1 is 1.23 bits per heavy atom. The van der Waals surface area contributed by atoms with Crippen LogP contribution in [0.3, 0.4) is 0 Å². The van der Waals surface area contributed by atoms with Crippen molar-refractivity contribution in [3.05, 3.63) is 64.1 Å². The maximum atomic E-state index is 13.4. The third-order valence-corrected chi connectivity index (χ3v) is 5.50. The fourth-order valence-electron chi connectivity index (χ4n) is 3.74. The van der Waals surface area contributed by atoms with Crippen LogP contribution in [0.5, 0.6) is 0 Å². The number of nitrogens with one attached hydrogen (secondary N) is 1. The Bertz CT molecular complexity index is 1370. The molecule has 4 heterocycles. The lowest BCUT2D eigenvalue weighted by Crippen LogP contribution is -2.30. The summed E-state index contributed by atoms with van der Waals surface area (Å²) in [5, 5.41) is 7.53. The van der Waals surface area contributed by atoms with Gasteiger partial charge in [-0.2, -0.15) is 9.61 Å². The Labute approximate surface area is 176 Å². The Morgan fingerprint density at radius 3 is 2.71 bits per heavy atom. The molecular formula is C22H21FN6O2. The molecule has 31 heavy (non-hydrogen) atoms. The fourth-order valence-corrected chi connectivity index (χ4v) is 3.74. The number of hydrogen-bond donors (Lipinski definition) is 1. The summed E-state index contributed by atoms with van der Waals surface area (Å²) < 4.78 is 16.2. The molecule has 5 rings (SSSR count). The first-order chi connectivity index (χ1) is 14.9. The summed E-state index contributed by atoms with van der Waals surface area (Å²) >= 11 is 0. The summed E-state index contributed by atoms with van der Waals surface area (Å²) in [6.07, 6.45) is 4.85. The summed E-state index contributed by atoms with van der Waals surface area (Å²) in [5.41, 5.74) is 2.61. The van der Waals surface area contributed by atoms with Gasteiger partial charge >= 0.3 is 0 Å². The van der Waals surface area contributed by atoms with Crippen molar-refractivity contribution in [1.82, 2.24) is 24.1 Å². The highest BCUT2D eigenvalue weighted by atomic mass is 19.1. The third-order valence-electron chi connectivity index (χ3n) is 5.50. The SMILES string of the molecule is CC(C)c1ccc2c(=O)n(CC(=O)Nc3ccc(F)cn3)c3c(C4CC4)cnn3c2n1. The summed E-state index contributed by atoms with van der Waals surface area (Å²) in [7, 11) is 0. The number of hydrogen-bond acceptors (Lipinski definition) is 5. The van der Waals surface area contributed by atoms with Crippen molar-refractivity contribution >= 4 is 28.4 Å². The van der Waals surface area contributed by atoms with Crippen LogP contribution < -0.4 is 10.9 Å². The number of carbonyl (C=O) groups is 1. The second-order valence-electron chi connectivity index (χ2n) is 8.17. The molecule has 0 aromatic carbocycles. The first kappa shape index (κ1) is 19.3. The number of rotatable bonds is 5. The number of nitrogens with zero attached hydrogens (tertiary/aromatic N) is 5. The van der Waals surface area contributed by atoms with Gasteiger partial charge in [0.05, 0.1) is 17.8 Å². The van der Waals surface area contributed by atoms with E-state index in [1.54, 1.807) is 16.8 Å². The van der Waals surface area contributed by atoms with Gasteiger partial charge in [-0.3, -0.25) is 14.2 Å². The number of halogens is 1. The van der Waals surface area contributed by atoms with Gasteiger partial charge in [0.2, 0.25) is 5.91 Å². The second kappa shape index (κ2) is 7.26. The van der Waals surface area contributed by atoms with Crippen molar-refractivity contribution in [3.8, 4) is 0 Å². The van der Waals surface area contributed by atoms with Crippen molar-refractivity contribution in [2.45, 2.75) is 45.1 Å². The van der Waals surface area contributed by atoms with E-state index >= 15 is 0 Å². The van der Waals surface area contributed by atoms with Crippen LogP contribution in [0.2, 0.25) is 0 Å². The molecule has 0 aliphatic heterocycles. The molecule has 1 saturated carbocycles. The zero-order chi connectivity index (χ0) is 21.7. The molecule has 4 aromatic heterocycles. The molecule has 1 amide bonds. The lowest BCUT2D eigenvalue weighted by Gasteiger charge is -2.13. The Morgan fingerprint density at radius 2 is 2.03 bits per heavy atom. The van der Waals surface area contributed by atoms with Gasteiger partial charge in [0, 0.05) is 11.3 Å². The molecule has 9 heteroatoms. The number of carbonyl (C=O) groups excluding carboxylic acids is 1. The van der Waals surface area contributed by atoms with Crippen LogP contribution in [0.15, 0.2) is 41.5 Å². The van der Waals surface area contributed by atoms with Crippen molar-refractivity contribution in [2.75, 3.05) is 5.32 Å². The predicted octanol–water partition coefficient (Wildman–Crippen LogP) is 3.22. The molecule has 0 bridgehead atoms. The minimum atomic E-state index is -0.493. The van der Waals surface area contributed by atoms with E-state index in [0.29, 0.717) is 22.6 Å². The highest BCUT2D eigenvalue weighted by Crippen LogP contribution is 2.42. The molecule has 8 nitrogen and oxygen atoms in total. The molecule has 1 N–H and O–H groups in total. The Hall–Kier alpha value is -3.62. The highest BCUT2D eigenvalue weighted by molar-refractivity contribution is 5.90. The van der Waals surface area contributed by atoms with Gasteiger partial charge in [-0.15, -0.1) is 0 Å². The van der Waals surface area contributed by atoms with Gasteiger partial charge in [0.1, 0.15) is 23.8 Å². The maximum Gasteiger partial charge on any atom is 0.263 e. The molecule has 0 unspecified atom stereocenters. The molecular weight excluding hydrogens is 399 g/mol. The summed E-state index contributed by atoms with van der Waals surface area (Å²) in [4.78, 5) is 34.6. The molecule has 0 radical (unpaired) electrons. The summed E-state index contributed by atoms with van der Waals surface area (Å²) in [6, 6.07) is 6.16.